The van der Waals surface area contributed by atoms with E-state index >= 15 is 0 Å². The molecule has 7 heteroatoms. The number of carbonyl (C=O) groups excluding carboxylic acids is 3. The van der Waals surface area contributed by atoms with E-state index in [0.717, 1.165) is 25.1 Å². The highest BCUT2D eigenvalue weighted by atomic mass is 16.5. The van der Waals surface area contributed by atoms with Crippen molar-refractivity contribution in [3.63, 3.8) is 0 Å². The molecular formula is C21H27N3O4. The molecule has 3 aliphatic heterocycles. The van der Waals surface area contributed by atoms with Crippen LogP contribution in [0.1, 0.15) is 56.3 Å². The highest BCUT2D eigenvalue weighted by molar-refractivity contribution is 6.05. The fraction of sp³-hybridized carbons (Fsp3) is 0.571. The minimum Gasteiger partial charge on any atom is -0.492 e. The summed E-state index contributed by atoms with van der Waals surface area (Å²) in [5, 5.41) is 2.18. The predicted octanol–water partition coefficient (Wildman–Crippen LogP) is 1.70. The number of ether oxygens (including phenoxy) is 1. The van der Waals surface area contributed by atoms with Gasteiger partial charge in [0.05, 0.1) is 1.37 Å². The molecule has 0 saturated carbocycles. The van der Waals surface area contributed by atoms with Crippen LogP contribution in [-0.4, -0.2) is 59.3 Å². The predicted molar refractivity (Wildman–Crippen MR) is 103 cm³/mol. The summed E-state index contributed by atoms with van der Waals surface area (Å²) >= 11 is 0. The van der Waals surface area contributed by atoms with Crippen LogP contribution in [0.2, 0.25) is 0 Å². The highest BCUT2D eigenvalue weighted by Gasteiger charge is 2.39. The Morgan fingerprint density at radius 3 is 2.89 bits per heavy atom. The third-order valence-electron chi connectivity index (χ3n) is 5.91. The van der Waals surface area contributed by atoms with Gasteiger partial charge >= 0.3 is 0 Å². The number of hydrogen-bond acceptors (Lipinski definition) is 5. The summed E-state index contributed by atoms with van der Waals surface area (Å²) in [4.78, 5) is 40.2. The number of fused-ring (bicyclic) bond motifs is 1. The molecule has 0 spiro atoms. The quantitative estimate of drug-likeness (QED) is 0.780. The summed E-state index contributed by atoms with van der Waals surface area (Å²) in [7, 11) is 0. The van der Waals surface area contributed by atoms with E-state index in [-0.39, 0.29) is 25.3 Å². The molecule has 150 valence electrons. The first-order valence-corrected chi connectivity index (χ1v) is 10.1. The van der Waals surface area contributed by atoms with Crippen LogP contribution < -0.4 is 10.1 Å². The monoisotopic (exact) mass is 386 g/mol. The van der Waals surface area contributed by atoms with E-state index in [2.05, 4.69) is 17.1 Å². The average molecular weight is 386 g/mol. The largest absolute Gasteiger partial charge is 0.492 e. The van der Waals surface area contributed by atoms with Gasteiger partial charge in [0.1, 0.15) is 18.4 Å². The third kappa shape index (κ3) is 3.63. The number of imide groups is 1. The van der Waals surface area contributed by atoms with Crippen molar-refractivity contribution in [2.45, 2.75) is 57.6 Å². The maximum absolute atomic E-state index is 12.8. The van der Waals surface area contributed by atoms with Crippen LogP contribution in [0.5, 0.6) is 5.75 Å². The SMILES string of the molecule is [2H]C1(N2Cc3cc(OC[C@H]4CCCCN4CC)ccc3C2=O)CCC(=O)NC1=O. The Kier molecular flexibility index (Phi) is 4.99. The van der Waals surface area contributed by atoms with Crippen molar-refractivity contribution >= 4 is 17.7 Å². The van der Waals surface area contributed by atoms with Gasteiger partial charge in [-0.25, -0.2) is 0 Å². The Bertz CT molecular complexity index is 845. The number of piperidine rings is 2. The van der Waals surface area contributed by atoms with Crippen molar-refractivity contribution in [3.05, 3.63) is 29.3 Å². The second-order valence-electron chi connectivity index (χ2n) is 7.62. The van der Waals surface area contributed by atoms with Gasteiger partial charge in [0, 0.05) is 24.6 Å². The summed E-state index contributed by atoms with van der Waals surface area (Å²) < 4.78 is 14.6. The molecule has 28 heavy (non-hydrogen) atoms. The summed E-state index contributed by atoms with van der Waals surface area (Å²) in [6, 6.07) is 3.97. The summed E-state index contributed by atoms with van der Waals surface area (Å²) in [5.74, 6) is -0.789. The van der Waals surface area contributed by atoms with E-state index in [1.807, 2.05) is 6.07 Å². The van der Waals surface area contributed by atoms with Crippen LogP contribution in [0.25, 0.3) is 0 Å². The van der Waals surface area contributed by atoms with Crippen molar-refractivity contribution in [1.82, 2.24) is 15.1 Å². The molecule has 3 amide bonds. The first-order valence-electron chi connectivity index (χ1n) is 10.6. The van der Waals surface area contributed by atoms with Crippen LogP contribution in [0.15, 0.2) is 18.2 Å². The van der Waals surface area contributed by atoms with Crippen LogP contribution in [0, 0.1) is 0 Å². The summed E-state index contributed by atoms with van der Waals surface area (Å²) in [6.45, 7) is 5.06. The molecule has 1 unspecified atom stereocenters. The van der Waals surface area contributed by atoms with Gasteiger partial charge in [-0.15, -0.1) is 0 Å². The van der Waals surface area contributed by atoms with Gasteiger partial charge < -0.3 is 9.64 Å². The second-order valence-corrected chi connectivity index (χ2v) is 7.62. The lowest BCUT2D eigenvalue weighted by Gasteiger charge is -2.34. The van der Waals surface area contributed by atoms with Crippen LogP contribution in [-0.2, 0) is 16.1 Å². The second kappa shape index (κ2) is 7.91. The molecule has 3 aliphatic rings. The molecular weight excluding hydrogens is 358 g/mol. The minimum absolute atomic E-state index is 0.00921. The fourth-order valence-electron chi connectivity index (χ4n) is 4.33. The van der Waals surface area contributed by atoms with Gasteiger partial charge in [0.2, 0.25) is 11.8 Å². The van der Waals surface area contributed by atoms with E-state index in [9.17, 15) is 14.4 Å². The van der Waals surface area contributed by atoms with E-state index < -0.39 is 17.8 Å². The molecule has 0 aromatic heterocycles. The third-order valence-corrected chi connectivity index (χ3v) is 5.91. The Morgan fingerprint density at radius 1 is 1.25 bits per heavy atom. The number of likely N-dealkylation sites (N-methyl/N-ethyl adjacent to an activating group) is 1. The standard InChI is InChI=1S/C21H27N3O4/c1-2-23-10-4-3-5-15(23)13-28-16-6-7-17-14(11-16)12-24(21(17)27)18-8-9-19(25)22-20(18)26/h6-7,11,15,18H,2-5,8-10,12-13H2,1H3,(H,22,25,26)/t15-,18?/m1/s1/i18D. The number of hydrogen-bond donors (Lipinski definition) is 1. The molecule has 2 atom stereocenters. The van der Waals surface area contributed by atoms with Gasteiger partial charge in [-0.1, -0.05) is 13.3 Å². The van der Waals surface area contributed by atoms with Crippen LogP contribution in [0.4, 0.5) is 0 Å². The maximum atomic E-state index is 12.8. The molecule has 1 aromatic carbocycles. The molecule has 4 rings (SSSR count). The van der Waals surface area contributed by atoms with Crippen molar-refractivity contribution in [3.8, 4) is 5.75 Å². The van der Waals surface area contributed by atoms with Crippen molar-refractivity contribution < 1.29 is 20.5 Å². The van der Waals surface area contributed by atoms with Gasteiger partial charge in [0.15, 0.2) is 0 Å². The van der Waals surface area contributed by atoms with Crippen LogP contribution >= 0.6 is 0 Å². The molecule has 2 fully saturated rings. The topological polar surface area (TPSA) is 79.0 Å². The Labute approximate surface area is 166 Å². The Hall–Kier alpha value is -2.41. The zero-order valence-electron chi connectivity index (χ0n) is 17.2. The smallest absolute Gasteiger partial charge is 0.255 e. The van der Waals surface area contributed by atoms with Gasteiger partial charge in [0.25, 0.3) is 5.91 Å². The van der Waals surface area contributed by atoms with Crippen molar-refractivity contribution in [2.75, 3.05) is 19.7 Å². The van der Waals surface area contributed by atoms with Crippen molar-refractivity contribution in [1.29, 1.82) is 0 Å². The van der Waals surface area contributed by atoms with E-state index in [1.165, 1.54) is 17.7 Å². The lowest BCUT2D eigenvalue weighted by atomic mass is 10.0. The first kappa shape index (κ1) is 17.7. The number of nitrogens with one attached hydrogen (secondary N) is 1. The number of nitrogens with zero attached hydrogens (tertiary/aromatic N) is 2. The van der Waals surface area contributed by atoms with Crippen molar-refractivity contribution in [2.24, 2.45) is 0 Å². The summed E-state index contributed by atoms with van der Waals surface area (Å²) in [5.41, 5.74) is 1.24. The number of benzene rings is 1. The molecule has 1 aromatic rings. The Balaban J connectivity index is 1.46. The van der Waals surface area contributed by atoms with Crippen LogP contribution in [0.3, 0.4) is 0 Å². The zero-order valence-corrected chi connectivity index (χ0v) is 16.2. The zero-order chi connectivity index (χ0) is 20.6. The molecule has 7 nitrogen and oxygen atoms in total. The highest BCUT2D eigenvalue weighted by Crippen LogP contribution is 2.30. The lowest BCUT2D eigenvalue weighted by molar-refractivity contribution is -0.136. The number of likely N-dealkylation sites (tertiary alicyclic amines) is 1. The Morgan fingerprint density at radius 2 is 2.11 bits per heavy atom. The fourth-order valence-corrected chi connectivity index (χ4v) is 4.33. The number of amides is 3. The van der Waals surface area contributed by atoms with E-state index in [0.29, 0.717) is 24.0 Å². The average Bonchev–Trinajstić information content (AvgIpc) is 3.06. The lowest BCUT2D eigenvalue weighted by Crippen LogP contribution is -2.52. The maximum Gasteiger partial charge on any atom is 0.255 e. The molecule has 0 radical (unpaired) electrons. The number of carbonyl (C=O) groups is 3. The molecule has 1 N–H and O–H groups in total. The van der Waals surface area contributed by atoms with Gasteiger partial charge in [-0.3, -0.25) is 24.6 Å². The molecule has 3 heterocycles. The summed E-state index contributed by atoms with van der Waals surface area (Å²) in [6.07, 6.45) is 3.64. The molecule has 2 saturated heterocycles. The first-order chi connectivity index (χ1) is 13.9. The molecule has 0 bridgehead atoms. The van der Waals surface area contributed by atoms with Gasteiger partial charge in [-0.2, -0.15) is 0 Å². The van der Waals surface area contributed by atoms with E-state index in [4.69, 9.17) is 6.11 Å². The molecule has 0 aliphatic carbocycles. The number of rotatable bonds is 5. The minimum atomic E-state index is -1.76. The van der Waals surface area contributed by atoms with E-state index in [1.54, 1.807) is 12.1 Å². The van der Waals surface area contributed by atoms with Gasteiger partial charge in [-0.05, 0) is 56.1 Å². The normalized spacial score (nSPS) is 28.8.